The average Bonchev–Trinajstić information content (AvgIpc) is 2.44. The molecule has 3 N–H and O–H groups in total. The van der Waals surface area contributed by atoms with Crippen LogP contribution in [0.1, 0.15) is 22.9 Å². The number of urea groups is 1. The smallest absolute Gasteiger partial charge is 0.320 e. The molecule has 0 bridgehead atoms. The number of hydrogen-bond acceptors (Lipinski definition) is 3. The quantitative estimate of drug-likeness (QED) is 0.813. The molecule has 1 atom stereocenters. The summed E-state index contributed by atoms with van der Waals surface area (Å²) in [6.07, 6.45) is -1.11. The van der Waals surface area contributed by atoms with E-state index in [4.69, 9.17) is 0 Å². The van der Waals surface area contributed by atoms with Crippen LogP contribution in [0.5, 0.6) is 0 Å². The molecule has 1 heterocycles. The predicted molar refractivity (Wildman–Crippen MR) is 82.1 cm³/mol. The van der Waals surface area contributed by atoms with Crippen molar-refractivity contribution in [1.29, 1.82) is 0 Å². The maximum atomic E-state index is 13.5. The van der Waals surface area contributed by atoms with E-state index in [1.54, 1.807) is 12.1 Å². The van der Waals surface area contributed by atoms with Crippen molar-refractivity contribution in [2.24, 2.45) is 0 Å². The number of aromatic nitrogens is 1. The lowest BCUT2D eigenvalue weighted by Gasteiger charge is -2.13. The number of carbonyl (C=O) groups is 1. The molecule has 0 aliphatic heterocycles. The normalized spacial score (nSPS) is 11.8. The van der Waals surface area contributed by atoms with Gasteiger partial charge >= 0.3 is 6.03 Å². The van der Waals surface area contributed by atoms with Crippen molar-refractivity contribution < 1.29 is 14.3 Å². The number of rotatable bonds is 4. The summed E-state index contributed by atoms with van der Waals surface area (Å²) in [5.41, 5.74) is 1.92. The summed E-state index contributed by atoms with van der Waals surface area (Å²) in [6.45, 7) is 3.63. The molecular formula is C16H18FN3O2. The number of halogens is 1. The van der Waals surface area contributed by atoms with Gasteiger partial charge in [-0.2, -0.15) is 0 Å². The van der Waals surface area contributed by atoms with Gasteiger partial charge in [-0.05, 0) is 37.6 Å². The van der Waals surface area contributed by atoms with Crippen molar-refractivity contribution in [3.63, 3.8) is 0 Å². The van der Waals surface area contributed by atoms with E-state index < -0.39 is 18.0 Å². The zero-order chi connectivity index (χ0) is 16.1. The van der Waals surface area contributed by atoms with Crippen LogP contribution in [0.4, 0.5) is 15.0 Å². The number of aliphatic hydroxyl groups is 1. The molecule has 2 aromatic rings. The van der Waals surface area contributed by atoms with Crippen LogP contribution in [0, 0.1) is 19.7 Å². The van der Waals surface area contributed by atoms with Crippen LogP contribution in [-0.4, -0.2) is 22.7 Å². The lowest BCUT2D eigenvalue weighted by atomic mass is 10.1. The Balaban J connectivity index is 1.91. The van der Waals surface area contributed by atoms with E-state index in [0.29, 0.717) is 5.82 Å². The van der Waals surface area contributed by atoms with Gasteiger partial charge in [0.15, 0.2) is 0 Å². The zero-order valence-corrected chi connectivity index (χ0v) is 12.4. The Morgan fingerprint density at radius 1 is 1.32 bits per heavy atom. The lowest BCUT2D eigenvalue weighted by molar-refractivity contribution is 0.170. The van der Waals surface area contributed by atoms with Crippen LogP contribution < -0.4 is 10.6 Å². The highest BCUT2D eigenvalue weighted by Crippen LogP contribution is 2.15. The standard InChI is InChI=1S/C16H18FN3O2/c1-10-7-11(2)19-15(8-10)20-16(22)18-9-14(21)12-5-3-4-6-13(12)17/h3-8,14,21H,9H2,1-2H3,(H2,18,19,20,22)/t14-/m0/s1. The molecule has 6 heteroatoms. The molecule has 22 heavy (non-hydrogen) atoms. The van der Waals surface area contributed by atoms with Gasteiger partial charge in [0.2, 0.25) is 0 Å². The van der Waals surface area contributed by atoms with Crippen LogP contribution in [-0.2, 0) is 0 Å². The van der Waals surface area contributed by atoms with E-state index in [2.05, 4.69) is 15.6 Å². The van der Waals surface area contributed by atoms with Gasteiger partial charge in [-0.15, -0.1) is 0 Å². The van der Waals surface area contributed by atoms with Crippen molar-refractivity contribution in [2.75, 3.05) is 11.9 Å². The van der Waals surface area contributed by atoms with Gasteiger partial charge in [0.1, 0.15) is 11.6 Å². The van der Waals surface area contributed by atoms with E-state index in [1.165, 1.54) is 18.2 Å². The summed E-state index contributed by atoms with van der Waals surface area (Å²) >= 11 is 0. The third-order valence-electron chi connectivity index (χ3n) is 3.06. The monoisotopic (exact) mass is 303 g/mol. The number of nitrogens with one attached hydrogen (secondary N) is 2. The minimum Gasteiger partial charge on any atom is -0.386 e. The van der Waals surface area contributed by atoms with Crippen molar-refractivity contribution in [1.82, 2.24) is 10.3 Å². The van der Waals surface area contributed by atoms with Crippen LogP contribution in [0.3, 0.4) is 0 Å². The fourth-order valence-electron chi connectivity index (χ4n) is 2.11. The molecule has 0 saturated heterocycles. The summed E-state index contributed by atoms with van der Waals surface area (Å²) in [7, 11) is 0. The van der Waals surface area contributed by atoms with Gasteiger partial charge in [0.05, 0.1) is 6.10 Å². The number of nitrogens with zero attached hydrogens (tertiary/aromatic N) is 1. The second kappa shape index (κ2) is 7.00. The van der Waals surface area contributed by atoms with Gasteiger partial charge in [0.25, 0.3) is 0 Å². The molecule has 0 aliphatic carbocycles. The number of anilines is 1. The summed E-state index contributed by atoms with van der Waals surface area (Å²) in [4.78, 5) is 16.0. The highest BCUT2D eigenvalue weighted by Gasteiger charge is 2.13. The fourth-order valence-corrected chi connectivity index (χ4v) is 2.11. The molecule has 2 rings (SSSR count). The summed E-state index contributed by atoms with van der Waals surface area (Å²) < 4.78 is 13.5. The average molecular weight is 303 g/mol. The predicted octanol–water partition coefficient (Wildman–Crippen LogP) is 2.69. The number of benzene rings is 1. The molecule has 0 unspecified atom stereocenters. The first-order valence-corrected chi connectivity index (χ1v) is 6.88. The van der Waals surface area contributed by atoms with Crippen molar-refractivity contribution >= 4 is 11.8 Å². The molecule has 0 radical (unpaired) electrons. The van der Waals surface area contributed by atoms with Gasteiger partial charge in [-0.3, -0.25) is 5.32 Å². The third-order valence-corrected chi connectivity index (χ3v) is 3.06. The van der Waals surface area contributed by atoms with Crippen LogP contribution >= 0.6 is 0 Å². The summed E-state index contributed by atoms with van der Waals surface area (Å²) in [6, 6.07) is 9.03. The van der Waals surface area contributed by atoms with E-state index in [0.717, 1.165) is 11.3 Å². The highest BCUT2D eigenvalue weighted by atomic mass is 19.1. The van der Waals surface area contributed by atoms with Crippen LogP contribution in [0.2, 0.25) is 0 Å². The first-order valence-electron chi connectivity index (χ1n) is 6.88. The fraction of sp³-hybridized carbons (Fsp3) is 0.250. The first kappa shape index (κ1) is 15.9. The Morgan fingerprint density at radius 3 is 2.73 bits per heavy atom. The molecule has 1 aromatic carbocycles. The Morgan fingerprint density at radius 2 is 2.05 bits per heavy atom. The lowest BCUT2D eigenvalue weighted by Crippen LogP contribution is -2.32. The molecular weight excluding hydrogens is 285 g/mol. The van der Waals surface area contributed by atoms with E-state index >= 15 is 0 Å². The number of pyridine rings is 1. The molecule has 2 amide bonds. The second-order valence-corrected chi connectivity index (χ2v) is 5.04. The van der Waals surface area contributed by atoms with E-state index in [1.807, 2.05) is 19.9 Å². The minimum atomic E-state index is -1.11. The Labute approximate surface area is 128 Å². The minimum absolute atomic E-state index is 0.0996. The molecule has 0 fully saturated rings. The van der Waals surface area contributed by atoms with Gasteiger partial charge in [-0.1, -0.05) is 18.2 Å². The van der Waals surface area contributed by atoms with Crippen molar-refractivity contribution in [3.8, 4) is 0 Å². The Hall–Kier alpha value is -2.47. The molecule has 0 saturated carbocycles. The maximum Gasteiger partial charge on any atom is 0.320 e. The van der Waals surface area contributed by atoms with E-state index in [9.17, 15) is 14.3 Å². The largest absolute Gasteiger partial charge is 0.386 e. The highest BCUT2D eigenvalue weighted by molar-refractivity contribution is 5.88. The number of hydrogen-bond donors (Lipinski definition) is 3. The molecule has 0 aliphatic rings. The van der Waals surface area contributed by atoms with Gasteiger partial charge < -0.3 is 10.4 Å². The molecule has 1 aromatic heterocycles. The van der Waals surface area contributed by atoms with Gasteiger partial charge in [-0.25, -0.2) is 14.2 Å². The summed E-state index contributed by atoms with van der Waals surface area (Å²) in [5, 5.41) is 15.0. The second-order valence-electron chi connectivity index (χ2n) is 5.04. The van der Waals surface area contributed by atoms with Crippen LogP contribution in [0.15, 0.2) is 36.4 Å². The van der Waals surface area contributed by atoms with Crippen molar-refractivity contribution in [3.05, 3.63) is 59.0 Å². The number of aliphatic hydroxyl groups excluding tert-OH is 1. The first-order chi connectivity index (χ1) is 10.5. The zero-order valence-electron chi connectivity index (χ0n) is 12.4. The molecule has 5 nitrogen and oxygen atoms in total. The number of amides is 2. The van der Waals surface area contributed by atoms with Crippen LogP contribution in [0.25, 0.3) is 0 Å². The van der Waals surface area contributed by atoms with Gasteiger partial charge in [0, 0.05) is 17.8 Å². The molecule has 0 spiro atoms. The molecule has 116 valence electrons. The SMILES string of the molecule is Cc1cc(C)nc(NC(=O)NC[C@H](O)c2ccccc2F)c1. The number of aryl methyl sites for hydroxylation is 2. The van der Waals surface area contributed by atoms with E-state index in [-0.39, 0.29) is 12.1 Å². The summed E-state index contributed by atoms with van der Waals surface area (Å²) in [5.74, 6) is -0.0800. The third kappa shape index (κ3) is 4.26. The maximum absolute atomic E-state index is 13.5. The number of carbonyl (C=O) groups excluding carboxylic acids is 1. The van der Waals surface area contributed by atoms with Crippen molar-refractivity contribution in [2.45, 2.75) is 20.0 Å². The Bertz CT molecular complexity index is 656. The Kier molecular flexibility index (Phi) is 5.06. The topological polar surface area (TPSA) is 74.2 Å².